The first-order valence-corrected chi connectivity index (χ1v) is 10.5. The number of amides is 1. The molecular weight excluding hydrogens is 338 g/mol. The van der Waals surface area contributed by atoms with Crippen LogP contribution in [0.3, 0.4) is 0 Å². The second-order valence-electron chi connectivity index (χ2n) is 9.49. The van der Waals surface area contributed by atoms with E-state index in [1.54, 1.807) is 0 Å². The molecule has 0 heterocycles. The third kappa shape index (κ3) is 3.76. The van der Waals surface area contributed by atoms with E-state index in [2.05, 4.69) is 5.32 Å². The van der Waals surface area contributed by atoms with E-state index in [1.807, 2.05) is 44.2 Å². The molecule has 1 aromatic carbocycles. The third-order valence-electron chi connectivity index (χ3n) is 6.95. The fraction of sp³-hybridized carbons (Fsp3) is 0.652. The molecule has 4 heteroatoms. The zero-order valence-electron chi connectivity index (χ0n) is 16.4. The van der Waals surface area contributed by atoms with Gasteiger partial charge in [-0.15, -0.1) is 0 Å². The first-order valence-electron chi connectivity index (χ1n) is 10.5. The Bertz CT molecular complexity index is 662. The van der Waals surface area contributed by atoms with Crippen molar-refractivity contribution in [2.75, 3.05) is 0 Å². The smallest absolute Gasteiger partial charge is 0.329 e. The molecule has 1 aromatic rings. The van der Waals surface area contributed by atoms with Crippen LogP contribution in [0.5, 0.6) is 0 Å². The number of ether oxygens (including phenoxy) is 1. The van der Waals surface area contributed by atoms with Gasteiger partial charge in [0.25, 0.3) is 0 Å². The van der Waals surface area contributed by atoms with Crippen molar-refractivity contribution in [3.8, 4) is 0 Å². The van der Waals surface area contributed by atoms with Gasteiger partial charge in [0.1, 0.15) is 12.6 Å². The number of carbonyl (C=O) groups excluding carboxylic acids is 2. The number of benzene rings is 1. The first-order chi connectivity index (χ1) is 12.9. The summed E-state index contributed by atoms with van der Waals surface area (Å²) in [5.74, 6) is 1.91. The highest BCUT2D eigenvalue weighted by molar-refractivity contribution is 5.88. The van der Waals surface area contributed by atoms with Crippen LogP contribution in [0.1, 0.15) is 57.9 Å². The second-order valence-corrected chi connectivity index (χ2v) is 9.49. The molecule has 0 spiro atoms. The Morgan fingerprint density at radius 2 is 1.59 bits per heavy atom. The van der Waals surface area contributed by atoms with Gasteiger partial charge in [0.05, 0.1) is 0 Å². The van der Waals surface area contributed by atoms with E-state index in [1.165, 1.54) is 19.3 Å². The molecule has 4 fully saturated rings. The van der Waals surface area contributed by atoms with Gasteiger partial charge >= 0.3 is 5.97 Å². The van der Waals surface area contributed by atoms with E-state index in [-0.39, 0.29) is 29.8 Å². The summed E-state index contributed by atoms with van der Waals surface area (Å²) in [7, 11) is 0. The van der Waals surface area contributed by atoms with Gasteiger partial charge in [-0.3, -0.25) is 4.79 Å². The zero-order valence-corrected chi connectivity index (χ0v) is 16.4. The lowest BCUT2D eigenvalue weighted by atomic mass is 9.49. The molecule has 4 nitrogen and oxygen atoms in total. The minimum atomic E-state index is -0.575. The number of rotatable bonds is 6. The van der Waals surface area contributed by atoms with Gasteiger partial charge in [-0.1, -0.05) is 44.2 Å². The van der Waals surface area contributed by atoms with Crippen molar-refractivity contribution in [1.82, 2.24) is 5.32 Å². The predicted octanol–water partition coefficient (Wildman–Crippen LogP) is 4.09. The number of nitrogens with one attached hydrogen (secondary N) is 1. The SMILES string of the molecule is CC(C)[C@H](NC(=O)C12CC3CC(CC(C3)C1)C2)C(=O)OCc1ccccc1. The number of carbonyl (C=O) groups is 2. The lowest BCUT2D eigenvalue weighted by Gasteiger charge is -2.55. The molecule has 0 aliphatic heterocycles. The molecule has 0 aromatic heterocycles. The van der Waals surface area contributed by atoms with Gasteiger partial charge in [0.2, 0.25) is 5.91 Å². The summed E-state index contributed by atoms with van der Waals surface area (Å²) in [4.78, 5) is 26.0. The number of hydrogen-bond acceptors (Lipinski definition) is 3. The predicted molar refractivity (Wildman–Crippen MR) is 104 cm³/mol. The van der Waals surface area contributed by atoms with Crippen LogP contribution in [-0.2, 0) is 20.9 Å². The van der Waals surface area contributed by atoms with Crippen LogP contribution in [0, 0.1) is 29.1 Å². The maximum absolute atomic E-state index is 13.3. The Kier molecular flexibility index (Phi) is 5.00. The molecule has 0 unspecified atom stereocenters. The normalized spacial score (nSPS) is 32.3. The van der Waals surface area contributed by atoms with Crippen LogP contribution < -0.4 is 5.32 Å². The standard InChI is InChI=1S/C23H31NO3/c1-15(2)20(21(25)27-14-16-6-4-3-5-7-16)24-22(26)23-11-17-8-18(12-23)10-19(9-17)13-23/h3-7,15,17-20H,8-14H2,1-2H3,(H,24,26)/t17?,18?,19?,20-,23?/m0/s1. The van der Waals surface area contributed by atoms with Gasteiger partial charge < -0.3 is 10.1 Å². The molecule has 146 valence electrons. The summed E-state index contributed by atoms with van der Waals surface area (Å²) < 4.78 is 5.52. The Balaban J connectivity index is 1.40. The molecule has 4 bridgehead atoms. The van der Waals surface area contributed by atoms with Crippen LogP contribution in [0.2, 0.25) is 0 Å². The molecular formula is C23H31NO3. The second kappa shape index (κ2) is 7.29. The Hall–Kier alpha value is -1.84. The van der Waals surface area contributed by atoms with Crippen LogP contribution in [0.15, 0.2) is 30.3 Å². The summed E-state index contributed by atoms with van der Waals surface area (Å²) >= 11 is 0. The van der Waals surface area contributed by atoms with E-state index >= 15 is 0 Å². The molecule has 0 radical (unpaired) electrons. The minimum absolute atomic E-state index is 0.00568. The monoisotopic (exact) mass is 369 g/mol. The number of esters is 1. The maximum atomic E-state index is 13.3. The van der Waals surface area contributed by atoms with Crippen molar-refractivity contribution < 1.29 is 14.3 Å². The topological polar surface area (TPSA) is 55.4 Å². The lowest BCUT2D eigenvalue weighted by Crippen LogP contribution is -2.57. The first kappa shape index (κ1) is 18.5. The van der Waals surface area contributed by atoms with Crippen molar-refractivity contribution in [1.29, 1.82) is 0 Å². The molecule has 4 aliphatic carbocycles. The number of hydrogen-bond donors (Lipinski definition) is 1. The van der Waals surface area contributed by atoms with Crippen LogP contribution >= 0.6 is 0 Å². The highest BCUT2D eigenvalue weighted by atomic mass is 16.5. The van der Waals surface area contributed by atoms with Crippen molar-refractivity contribution >= 4 is 11.9 Å². The largest absolute Gasteiger partial charge is 0.459 e. The Morgan fingerprint density at radius 3 is 2.11 bits per heavy atom. The molecule has 27 heavy (non-hydrogen) atoms. The molecule has 1 N–H and O–H groups in total. The van der Waals surface area contributed by atoms with Gasteiger partial charge in [-0.05, 0) is 67.8 Å². The van der Waals surface area contributed by atoms with Crippen molar-refractivity contribution in [3.05, 3.63) is 35.9 Å². The van der Waals surface area contributed by atoms with E-state index < -0.39 is 6.04 Å². The van der Waals surface area contributed by atoms with E-state index in [9.17, 15) is 9.59 Å². The van der Waals surface area contributed by atoms with Crippen LogP contribution in [-0.4, -0.2) is 17.9 Å². The highest BCUT2D eigenvalue weighted by Crippen LogP contribution is 2.60. The van der Waals surface area contributed by atoms with Gasteiger partial charge in [-0.25, -0.2) is 4.79 Å². The molecule has 1 amide bonds. The summed E-state index contributed by atoms with van der Waals surface area (Å²) in [6.07, 6.45) is 6.94. The quantitative estimate of drug-likeness (QED) is 0.769. The average molecular weight is 370 g/mol. The fourth-order valence-electron chi connectivity index (χ4n) is 6.00. The van der Waals surface area contributed by atoms with Crippen molar-refractivity contribution in [2.24, 2.45) is 29.1 Å². The summed E-state index contributed by atoms with van der Waals surface area (Å²) in [6.45, 7) is 4.18. The van der Waals surface area contributed by atoms with Gasteiger partial charge in [0, 0.05) is 5.41 Å². The summed E-state index contributed by atoms with van der Waals surface area (Å²) in [5, 5.41) is 3.10. The van der Waals surface area contributed by atoms with E-state index in [4.69, 9.17) is 4.74 Å². The van der Waals surface area contributed by atoms with Gasteiger partial charge in [-0.2, -0.15) is 0 Å². The maximum Gasteiger partial charge on any atom is 0.329 e. The van der Waals surface area contributed by atoms with E-state index in [0.29, 0.717) is 17.8 Å². The van der Waals surface area contributed by atoms with E-state index in [0.717, 1.165) is 24.8 Å². The van der Waals surface area contributed by atoms with Crippen molar-refractivity contribution in [3.63, 3.8) is 0 Å². The highest BCUT2D eigenvalue weighted by Gasteiger charge is 2.55. The molecule has 4 aliphatic rings. The zero-order chi connectivity index (χ0) is 19.0. The summed E-state index contributed by atoms with van der Waals surface area (Å²) in [5.41, 5.74) is 0.725. The van der Waals surface area contributed by atoms with Gasteiger partial charge in [0.15, 0.2) is 0 Å². The molecule has 5 rings (SSSR count). The molecule has 1 atom stereocenters. The Morgan fingerprint density at radius 1 is 1.04 bits per heavy atom. The molecule has 4 saturated carbocycles. The van der Waals surface area contributed by atoms with Crippen LogP contribution in [0.4, 0.5) is 0 Å². The Labute approximate surface area is 162 Å². The minimum Gasteiger partial charge on any atom is -0.459 e. The summed E-state index contributed by atoms with van der Waals surface area (Å²) in [6, 6.07) is 9.09. The average Bonchev–Trinajstić information content (AvgIpc) is 2.63. The van der Waals surface area contributed by atoms with Crippen molar-refractivity contribution in [2.45, 2.75) is 65.0 Å². The third-order valence-corrected chi connectivity index (χ3v) is 6.95. The molecule has 0 saturated heterocycles. The van der Waals surface area contributed by atoms with Crippen LogP contribution in [0.25, 0.3) is 0 Å². The lowest BCUT2D eigenvalue weighted by molar-refractivity contribution is -0.156. The fourth-order valence-corrected chi connectivity index (χ4v) is 6.00.